The molecule has 0 radical (unpaired) electrons. The molecule has 0 heterocycles. The van der Waals surface area contributed by atoms with Crippen molar-refractivity contribution >= 4 is 23.3 Å². The van der Waals surface area contributed by atoms with Gasteiger partial charge in [0.2, 0.25) is 5.91 Å². The molecule has 1 aliphatic carbocycles. The lowest BCUT2D eigenvalue weighted by Crippen LogP contribution is -2.24. The van der Waals surface area contributed by atoms with Crippen LogP contribution in [0.15, 0.2) is 18.2 Å². The number of nitrogens with two attached hydrogens (primary N) is 1. The number of carbonyl (C=O) groups is 2. The summed E-state index contributed by atoms with van der Waals surface area (Å²) in [6, 6.07) is 4.38. The molecule has 19 heavy (non-hydrogen) atoms. The first-order valence-electron chi connectivity index (χ1n) is 6.51. The van der Waals surface area contributed by atoms with Crippen molar-refractivity contribution in [3.63, 3.8) is 0 Å². The van der Waals surface area contributed by atoms with Crippen LogP contribution in [0.3, 0.4) is 0 Å². The highest BCUT2D eigenvalue weighted by atomic mass is 16.4. The van der Waals surface area contributed by atoms with Gasteiger partial charge in [-0.05, 0) is 31.0 Å². The third-order valence-corrected chi connectivity index (χ3v) is 3.45. The molecule has 0 aromatic heterocycles. The maximum absolute atomic E-state index is 12.1. The van der Waals surface area contributed by atoms with Gasteiger partial charge in [0.1, 0.15) is 0 Å². The van der Waals surface area contributed by atoms with Crippen molar-refractivity contribution in [2.45, 2.75) is 32.1 Å². The number of carboxylic acids is 1. The van der Waals surface area contributed by atoms with Crippen LogP contribution in [0.1, 0.15) is 42.5 Å². The highest BCUT2D eigenvalue weighted by molar-refractivity contribution is 5.96. The van der Waals surface area contributed by atoms with E-state index in [1.165, 1.54) is 18.6 Å². The van der Waals surface area contributed by atoms with Gasteiger partial charge >= 0.3 is 5.97 Å². The number of rotatable bonds is 3. The number of nitrogens with one attached hydrogen (secondary N) is 1. The molecule has 5 nitrogen and oxygen atoms in total. The Morgan fingerprint density at radius 3 is 2.47 bits per heavy atom. The number of amides is 1. The van der Waals surface area contributed by atoms with E-state index in [9.17, 15) is 9.59 Å². The number of carboxylic acid groups (broad SMARTS) is 1. The monoisotopic (exact) mass is 262 g/mol. The maximum atomic E-state index is 12.1. The third kappa shape index (κ3) is 3.47. The predicted octanol–water partition coefficient (Wildman–Crippen LogP) is 2.49. The van der Waals surface area contributed by atoms with Gasteiger partial charge in [-0.15, -0.1) is 0 Å². The first kappa shape index (κ1) is 13.4. The van der Waals surface area contributed by atoms with Crippen molar-refractivity contribution in [2.75, 3.05) is 11.1 Å². The molecule has 0 spiro atoms. The number of benzene rings is 1. The van der Waals surface area contributed by atoms with E-state index in [4.69, 9.17) is 10.8 Å². The SMILES string of the molecule is Nc1cc(NC(=O)C2CCCCC2)cc(C(=O)O)c1. The van der Waals surface area contributed by atoms with Gasteiger partial charge in [-0.3, -0.25) is 4.79 Å². The second-order valence-electron chi connectivity index (χ2n) is 4.97. The molecule has 0 saturated heterocycles. The average Bonchev–Trinajstić information content (AvgIpc) is 2.39. The summed E-state index contributed by atoms with van der Waals surface area (Å²) in [5.41, 5.74) is 6.50. The molecule has 1 saturated carbocycles. The van der Waals surface area contributed by atoms with E-state index in [2.05, 4.69) is 5.32 Å². The number of hydrogen-bond acceptors (Lipinski definition) is 3. The minimum atomic E-state index is -1.06. The fourth-order valence-corrected chi connectivity index (χ4v) is 2.46. The van der Waals surface area contributed by atoms with Gasteiger partial charge in [0, 0.05) is 17.3 Å². The molecule has 5 heteroatoms. The van der Waals surface area contributed by atoms with Crippen LogP contribution in [-0.2, 0) is 4.79 Å². The van der Waals surface area contributed by atoms with Crippen molar-refractivity contribution in [3.8, 4) is 0 Å². The molecular weight excluding hydrogens is 244 g/mol. The van der Waals surface area contributed by atoms with Crippen molar-refractivity contribution in [3.05, 3.63) is 23.8 Å². The molecule has 1 amide bonds. The molecule has 0 aliphatic heterocycles. The highest BCUT2D eigenvalue weighted by Crippen LogP contribution is 2.25. The van der Waals surface area contributed by atoms with Crippen molar-refractivity contribution in [2.24, 2.45) is 5.92 Å². The van der Waals surface area contributed by atoms with Gasteiger partial charge in [0.05, 0.1) is 5.56 Å². The van der Waals surface area contributed by atoms with Crippen LogP contribution in [0.5, 0.6) is 0 Å². The second-order valence-corrected chi connectivity index (χ2v) is 4.97. The van der Waals surface area contributed by atoms with E-state index >= 15 is 0 Å². The summed E-state index contributed by atoms with van der Waals surface area (Å²) in [6.45, 7) is 0. The number of carbonyl (C=O) groups excluding carboxylic acids is 1. The number of anilines is 2. The molecule has 1 aliphatic rings. The van der Waals surface area contributed by atoms with Crippen LogP contribution in [0.2, 0.25) is 0 Å². The molecule has 4 N–H and O–H groups in total. The zero-order valence-corrected chi connectivity index (χ0v) is 10.7. The van der Waals surface area contributed by atoms with Gasteiger partial charge in [0.25, 0.3) is 0 Å². The topological polar surface area (TPSA) is 92.4 Å². The highest BCUT2D eigenvalue weighted by Gasteiger charge is 2.21. The summed E-state index contributed by atoms with van der Waals surface area (Å²) in [7, 11) is 0. The number of hydrogen-bond donors (Lipinski definition) is 3. The first-order chi connectivity index (χ1) is 9.06. The summed E-state index contributed by atoms with van der Waals surface area (Å²) in [5, 5.41) is 11.7. The van der Waals surface area contributed by atoms with E-state index in [0.29, 0.717) is 11.4 Å². The lowest BCUT2D eigenvalue weighted by atomic mass is 9.88. The van der Waals surface area contributed by atoms with Crippen molar-refractivity contribution < 1.29 is 14.7 Å². The predicted molar refractivity (Wildman–Crippen MR) is 73.0 cm³/mol. The summed E-state index contributed by atoms with van der Waals surface area (Å²) < 4.78 is 0. The van der Waals surface area contributed by atoms with Crippen LogP contribution in [-0.4, -0.2) is 17.0 Å². The molecule has 2 rings (SSSR count). The Hall–Kier alpha value is -2.04. The fraction of sp³-hybridized carbons (Fsp3) is 0.429. The van der Waals surface area contributed by atoms with Crippen LogP contribution in [0.25, 0.3) is 0 Å². The second kappa shape index (κ2) is 5.73. The standard InChI is InChI=1S/C14H18N2O3/c15-11-6-10(14(18)19)7-12(8-11)16-13(17)9-4-2-1-3-5-9/h6-9H,1-5,15H2,(H,16,17)(H,18,19). The van der Waals surface area contributed by atoms with Crippen LogP contribution < -0.4 is 11.1 Å². The molecule has 0 unspecified atom stereocenters. The average molecular weight is 262 g/mol. The molecule has 1 aromatic carbocycles. The van der Waals surface area contributed by atoms with Crippen molar-refractivity contribution in [1.82, 2.24) is 0 Å². The van der Waals surface area contributed by atoms with Gasteiger partial charge in [-0.1, -0.05) is 19.3 Å². The van der Waals surface area contributed by atoms with E-state index in [1.807, 2.05) is 0 Å². The molecule has 0 atom stereocenters. The maximum Gasteiger partial charge on any atom is 0.335 e. The van der Waals surface area contributed by atoms with Gasteiger partial charge in [-0.2, -0.15) is 0 Å². The van der Waals surface area contributed by atoms with Gasteiger partial charge < -0.3 is 16.2 Å². The molecule has 1 aromatic rings. The fourth-order valence-electron chi connectivity index (χ4n) is 2.46. The molecule has 102 valence electrons. The zero-order chi connectivity index (χ0) is 13.8. The Kier molecular flexibility index (Phi) is 4.04. The minimum Gasteiger partial charge on any atom is -0.478 e. The number of nitrogen functional groups attached to an aromatic ring is 1. The normalized spacial score (nSPS) is 16.0. The first-order valence-corrected chi connectivity index (χ1v) is 6.51. The van der Waals surface area contributed by atoms with E-state index in [-0.39, 0.29) is 17.4 Å². The number of aromatic carboxylic acids is 1. The van der Waals surface area contributed by atoms with Gasteiger partial charge in [-0.25, -0.2) is 4.79 Å². The van der Waals surface area contributed by atoms with Crippen LogP contribution in [0, 0.1) is 5.92 Å². The minimum absolute atomic E-state index is 0.0310. The molecule has 0 bridgehead atoms. The van der Waals surface area contributed by atoms with Crippen molar-refractivity contribution in [1.29, 1.82) is 0 Å². The smallest absolute Gasteiger partial charge is 0.335 e. The van der Waals surface area contributed by atoms with E-state index in [1.54, 1.807) is 6.07 Å². The Morgan fingerprint density at radius 1 is 1.16 bits per heavy atom. The lowest BCUT2D eigenvalue weighted by Gasteiger charge is -2.20. The van der Waals surface area contributed by atoms with Crippen LogP contribution in [0.4, 0.5) is 11.4 Å². The lowest BCUT2D eigenvalue weighted by molar-refractivity contribution is -0.120. The summed E-state index contributed by atoms with van der Waals surface area (Å²) >= 11 is 0. The van der Waals surface area contributed by atoms with E-state index < -0.39 is 5.97 Å². The Balaban J connectivity index is 2.09. The van der Waals surface area contributed by atoms with E-state index in [0.717, 1.165) is 25.7 Å². The summed E-state index contributed by atoms with van der Waals surface area (Å²) in [6.07, 6.45) is 5.15. The Bertz CT molecular complexity index is 493. The molecule has 1 fully saturated rings. The van der Waals surface area contributed by atoms with Crippen LogP contribution >= 0.6 is 0 Å². The summed E-state index contributed by atoms with van der Waals surface area (Å²) in [4.78, 5) is 23.0. The third-order valence-electron chi connectivity index (χ3n) is 3.45. The Morgan fingerprint density at radius 2 is 1.84 bits per heavy atom. The summed E-state index contributed by atoms with van der Waals surface area (Å²) in [5.74, 6) is -1.06. The largest absolute Gasteiger partial charge is 0.478 e. The quantitative estimate of drug-likeness (QED) is 0.730. The Labute approximate surface area is 111 Å². The molecular formula is C14H18N2O3. The zero-order valence-electron chi connectivity index (χ0n) is 10.7. The van der Waals surface area contributed by atoms with Gasteiger partial charge in [0.15, 0.2) is 0 Å².